The summed E-state index contributed by atoms with van der Waals surface area (Å²) in [4.78, 5) is 27.6. The van der Waals surface area contributed by atoms with Crippen LogP contribution < -0.4 is 4.90 Å². The Hall–Kier alpha value is -3.54. The van der Waals surface area contributed by atoms with E-state index in [9.17, 15) is 27.2 Å². The third-order valence-corrected chi connectivity index (χ3v) is 5.11. The van der Waals surface area contributed by atoms with Crippen molar-refractivity contribution in [3.8, 4) is 5.69 Å². The summed E-state index contributed by atoms with van der Waals surface area (Å²) in [7, 11) is 0. The lowest BCUT2D eigenvalue weighted by Crippen LogP contribution is -2.34. The SMILES string of the molecule is CC1C(=O)N(Cc2nnnn2-c2ccc(Cl)cc2C(F)(F)F)C(=O)N1c1ccc(F)cc1. The van der Waals surface area contributed by atoms with E-state index in [4.69, 9.17) is 11.6 Å². The van der Waals surface area contributed by atoms with Gasteiger partial charge >= 0.3 is 12.2 Å². The number of carbonyl (C=O) groups is 2. The smallest absolute Gasteiger partial charge is 0.282 e. The van der Waals surface area contributed by atoms with Crippen molar-refractivity contribution in [3.05, 3.63) is 64.7 Å². The fraction of sp³-hybridized carbons (Fsp3) is 0.211. The maximum Gasteiger partial charge on any atom is 0.418 e. The Morgan fingerprint density at radius 1 is 1.09 bits per heavy atom. The van der Waals surface area contributed by atoms with E-state index in [1.165, 1.54) is 25.1 Å². The lowest BCUT2D eigenvalue weighted by atomic mass is 10.1. The Bertz CT molecular complexity index is 1200. The predicted octanol–water partition coefficient (Wildman–Crippen LogP) is 3.83. The summed E-state index contributed by atoms with van der Waals surface area (Å²) in [5, 5.41) is 10.6. The first-order valence-corrected chi connectivity index (χ1v) is 9.50. The number of benzene rings is 2. The second kappa shape index (κ2) is 7.86. The van der Waals surface area contributed by atoms with Gasteiger partial charge in [0.25, 0.3) is 5.91 Å². The lowest BCUT2D eigenvalue weighted by Gasteiger charge is -2.19. The van der Waals surface area contributed by atoms with Crippen LogP contribution in [0.5, 0.6) is 0 Å². The molecule has 32 heavy (non-hydrogen) atoms. The van der Waals surface area contributed by atoms with Gasteiger partial charge in [0.15, 0.2) is 5.82 Å². The molecule has 1 aliphatic heterocycles. The summed E-state index contributed by atoms with van der Waals surface area (Å²) in [6.45, 7) is 1.00. The molecule has 1 aliphatic rings. The number of urea groups is 1. The molecule has 2 heterocycles. The molecule has 0 aliphatic carbocycles. The number of rotatable bonds is 4. The van der Waals surface area contributed by atoms with Crippen molar-refractivity contribution in [2.75, 3.05) is 4.90 Å². The number of nitrogens with zero attached hydrogens (tertiary/aromatic N) is 6. The van der Waals surface area contributed by atoms with Gasteiger partial charge < -0.3 is 0 Å². The molecule has 1 aromatic heterocycles. The van der Waals surface area contributed by atoms with E-state index in [2.05, 4.69) is 15.5 Å². The van der Waals surface area contributed by atoms with Crippen molar-refractivity contribution in [1.82, 2.24) is 25.1 Å². The van der Waals surface area contributed by atoms with Gasteiger partial charge in [-0.05, 0) is 59.8 Å². The van der Waals surface area contributed by atoms with E-state index in [-0.39, 0.29) is 16.5 Å². The molecule has 3 aromatic rings. The van der Waals surface area contributed by atoms with Crippen molar-refractivity contribution < 1.29 is 27.2 Å². The molecule has 0 saturated carbocycles. The zero-order chi connectivity index (χ0) is 23.2. The number of imide groups is 1. The summed E-state index contributed by atoms with van der Waals surface area (Å²) in [5.41, 5.74) is -1.21. The normalized spacial score (nSPS) is 16.9. The van der Waals surface area contributed by atoms with Crippen LogP contribution >= 0.6 is 11.6 Å². The average Bonchev–Trinajstić information content (AvgIpc) is 3.27. The highest BCUT2D eigenvalue weighted by Crippen LogP contribution is 2.36. The highest BCUT2D eigenvalue weighted by Gasteiger charge is 2.44. The molecular weight excluding hydrogens is 456 g/mol. The molecule has 1 atom stereocenters. The van der Waals surface area contributed by atoms with E-state index in [1.807, 2.05) is 0 Å². The van der Waals surface area contributed by atoms with Gasteiger partial charge in [-0.15, -0.1) is 5.10 Å². The summed E-state index contributed by atoms with van der Waals surface area (Å²) in [6.07, 6.45) is -4.75. The van der Waals surface area contributed by atoms with Gasteiger partial charge in [-0.3, -0.25) is 14.6 Å². The largest absolute Gasteiger partial charge is 0.418 e. The minimum absolute atomic E-state index is 0.135. The van der Waals surface area contributed by atoms with Crippen molar-refractivity contribution in [1.29, 1.82) is 0 Å². The molecule has 0 N–H and O–H groups in total. The summed E-state index contributed by atoms with van der Waals surface area (Å²) in [5.74, 6) is -1.30. The zero-order valence-corrected chi connectivity index (χ0v) is 17.0. The second-order valence-corrected chi connectivity index (χ2v) is 7.33. The molecule has 0 spiro atoms. The van der Waals surface area contributed by atoms with Gasteiger partial charge in [-0.25, -0.2) is 9.18 Å². The Morgan fingerprint density at radius 2 is 1.78 bits per heavy atom. The third-order valence-electron chi connectivity index (χ3n) is 4.88. The number of carbonyl (C=O) groups excluding carboxylic acids is 2. The minimum Gasteiger partial charge on any atom is -0.282 e. The number of amides is 3. The maximum atomic E-state index is 13.5. The molecular formula is C19H13ClF4N6O2. The third kappa shape index (κ3) is 3.77. The summed E-state index contributed by atoms with van der Waals surface area (Å²) >= 11 is 5.71. The molecule has 1 unspecified atom stereocenters. The van der Waals surface area contributed by atoms with E-state index in [0.29, 0.717) is 0 Å². The predicted molar refractivity (Wildman–Crippen MR) is 103 cm³/mol. The molecule has 8 nitrogen and oxygen atoms in total. The Labute approximate surface area is 183 Å². The molecule has 4 rings (SSSR count). The highest BCUT2D eigenvalue weighted by atomic mass is 35.5. The van der Waals surface area contributed by atoms with Crippen LogP contribution in [0, 0.1) is 5.82 Å². The minimum atomic E-state index is -4.75. The molecule has 0 radical (unpaired) electrons. The first-order valence-electron chi connectivity index (χ1n) is 9.12. The quantitative estimate of drug-likeness (QED) is 0.429. The van der Waals surface area contributed by atoms with E-state index in [0.717, 1.165) is 38.7 Å². The van der Waals surface area contributed by atoms with Crippen molar-refractivity contribution >= 4 is 29.2 Å². The Balaban J connectivity index is 1.68. The maximum absolute atomic E-state index is 13.5. The van der Waals surface area contributed by atoms with Crippen molar-refractivity contribution in [2.24, 2.45) is 0 Å². The Morgan fingerprint density at radius 3 is 2.44 bits per heavy atom. The first kappa shape index (κ1) is 21.7. The van der Waals surface area contributed by atoms with Crippen LogP contribution in [0.3, 0.4) is 0 Å². The average molecular weight is 469 g/mol. The summed E-state index contributed by atoms with van der Waals surface area (Å²) < 4.78 is 54.5. The molecule has 166 valence electrons. The number of halogens is 5. The van der Waals surface area contributed by atoms with Gasteiger partial charge in [0.1, 0.15) is 11.9 Å². The monoisotopic (exact) mass is 468 g/mol. The van der Waals surface area contributed by atoms with Crippen LogP contribution in [0.25, 0.3) is 5.69 Å². The molecule has 13 heteroatoms. The fourth-order valence-corrected chi connectivity index (χ4v) is 3.53. The number of hydrogen-bond acceptors (Lipinski definition) is 5. The topological polar surface area (TPSA) is 84.2 Å². The van der Waals surface area contributed by atoms with E-state index in [1.54, 1.807) is 0 Å². The summed E-state index contributed by atoms with van der Waals surface area (Å²) in [6, 6.07) is 6.36. The molecule has 1 fully saturated rings. The van der Waals surface area contributed by atoms with Crippen molar-refractivity contribution in [3.63, 3.8) is 0 Å². The van der Waals surface area contributed by atoms with Crippen LogP contribution in [0.1, 0.15) is 18.3 Å². The van der Waals surface area contributed by atoms with Crippen LogP contribution in [-0.2, 0) is 17.5 Å². The molecule has 2 aromatic carbocycles. The standard InChI is InChI=1S/C19H13ClF4N6O2/c1-10-17(31)28(18(32)29(10)13-5-3-12(21)4-6-13)9-16-25-26-27-30(16)15-7-2-11(20)8-14(15)19(22,23)24/h2-8,10H,9H2,1H3. The lowest BCUT2D eigenvalue weighted by molar-refractivity contribution is -0.137. The molecule has 1 saturated heterocycles. The van der Waals surface area contributed by atoms with Crippen LogP contribution in [0.4, 0.5) is 28.0 Å². The number of alkyl halides is 3. The van der Waals surface area contributed by atoms with Gasteiger partial charge in [-0.1, -0.05) is 11.6 Å². The zero-order valence-electron chi connectivity index (χ0n) is 16.2. The van der Waals surface area contributed by atoms with E-state index < -0.39 is 47.8 Å². The number of anilines is 1. The Kier molecular flexibility index (Phi) is 5.33. The number of hydrogen-bond donors (Lipinski definition) is 0. The second-order valence-electron chi connectivity index (χ2n) is 6.90. The first-order chi connectivity index (χ1) is 15.1. The van der Waals surface area contributed by atoms with Gasteiger partial charge in [-0.2, -0.15) is 17.9 Å². The van der Waals surface area contributed by atoms with E-state index >= 15 is 0 Å². The van der Waals surface area contributed by atoms with Crippen LogP contribution in [0.15, 0.2) is 42.5 Å². The number of tetrazole rings is 1. The fourth-order valence-electron chi connectivity index (χ4n) is 3.36. The molecule has 0 bridgehead atoms. The van der Waals surface area contributed by atoms with Gasteiger partial charge in [0, 0.05) is 10.7 Å². The number of aromatic nitrogens is 4. The van der Waals surface area contributed by atoms with Gasteiger partial charge in [0.05, 0.1) is 17.8 Å². The van der Waals surface area contributed by atoms with Gasteiger partial charge in [0.2, 0.25) is 0 Å². The van der Waals surface area contributed by atoms with Crippen LogP contribution in [-0.4, -0.2) is 43.1 Å². The van der Waals surface area contributed by atoms with Crippen molar-refractivity contribution in [2.45, 2.75) is 25.7 Å². The molecule has 3 amide bonds. The highest BCUT2D eigenvalue weighted by molar-refractivity contribution is 6.30. The van der Waals surface area contributed by atoms with Crippen LogP contribution in [0.2, 0.25) is 5.02 Å².